The van der Waals surface area contributed by atoms with E-state index in [2.05, 4.69) is 4.98 Å². The molecule has 2 unspecified atom stereocenters. The molecular weight excluding hydrogens is 1050 g/mol. The van der Waals surface area contributed by atoms with Crippen molar-refractivity contribution in [2.75, 3.05) is 41.0 Å². The number of pyridine rings is 1. The van der Waals surface area contributed by atoms with Crippen LogP contribution in [0.1, 0.15) is 79.6 Å². The average molecular weight is 1100 g/mol. The molecule has 0 spiro atoms. The summed E-state index contributed by atoms with van der Waals surface area (Å²) in [5, 5.41) is 9.67. The Labute approximate surface area is 405 Å². The first kappa shape index (κ1) is 56.1. The molecule has 384 valence electrons. The molecule has 5 rings (SSSR count). The molecule has 23 nitrogen and oxygen atoms in total. The number of carbonyl (C=O) groups is 1. The van der Waals surface area contributed by atoms with Crippen molar-refractivity contribution < 1.29 is 92.3 Å². The van der Waals surface area contributed by atoms with Gasteiger partial charge in [0.25, 0.3) is 60.7 Å². The maximum absolute atomic E-state index is 12.4. The van der Waals surface area contributed by atoms with Gasteiger partial charge in [-0.05, 0) is 106 Å². The number of anilines is 1. The summed E-state index contributed by atoms with van der Waals surface area (Å²) < 4.78 is 205. The van der Waals surface area contributed by atoms with Crippen LogP contribution < -0.4 is 4.90 Å². The Bertz CT molecular complexity index is 3390. The van der Waals surface area contributed by atoms with E-state index in [1.165, 1.54) is 48.6 Å². The van der Waals surface area contributed by atoms with Crippen LogP contribution in [0, 0.1) is 0 Å². The van der Waals surface area contributed by atoms with Gasteiger partial charge in [0.05, 0.1) is 49.5 Å². The van der Waals surface area contributed by atoms with E-state index in [0.717, 1.165) is 30.5 Å². The quantitative estimate of drug-likeness (QED) is 0.0403. The van der Waals surface area contributed by atoms with E-state index in [1.807, 2.05) is 0 Å². The summed E-state index contributed by atoms with van der Waals surface area (Å²) in [5.74, 6) is -4.27. The van der Waals surface area contributed by atoms with Crippen LogP contribution in [0.2, 0.25) is 0 Å². The summed E-state index contributed by atoms with van der Waals surface area (Å²) in [6.45, 7) is 2.86. The first-order chi connectivity index (χ1) is 32.0. The molecule has 0 fully saturated rings. The van der Waals surface area contributed by atoms with E-state index in [0.29, 0.717) is 0 Å². The fraction of sp³-hybridized carbons (Fsp3) is 0.390. The lowest BCUT2D eigenvalue weighted by Crippen LogP contribution is -2.32. The van der Waals surface area contributed by atoms with Gasteiger partial charge >= 0.3 is 5.97 Å². The first-order valence-corrected chi connectivity index (χ1v) is 30.1. The summed E-state index contributed by atoms with van der Waals surface area (Å²) in [5.41, 5.74) is -1.27. The van der Waals surface area contributed by atoms with Crippen molar-refractivity contribution in [2.24, 2.45) is 0 Å². The number of hydrogen-bond acceptors (Lipinski definition) is 15. The molecule has 0 aliphatic carbocycles. The Morgan fingerprint density at radius 2 is 1.17 bits per heavy atom. The van der Waals surface area contributed by atoms with Gasteiger partial charge < -0.3 is 10.0 Å². The second-order valence-electron chi connectivity index (χ2n) is 17.0. The van der Waals surface area contributed by atoms with Crippen molar-refractivity contribution in [1.29, 1.82) is 0 Å². The minimum absolute atomic E-state index is 0.0871. The van der Waals surface area contributed by atoms with E-state index in [9.17, 15) is 87.7 Å². The van der Waals surface area contributed by atoms with E-state index in [1.54, 1.807) is 23.3 Å². The number of rotatable bonds is 23. The molecule has 0 radical (unpaired) electrons. The number of aromatic nitrogens is 1. The van der Waals surface area contributed by atoms with Crippen LogP contribution in [-0.4, -0.2) is 140 Å². The van der Waals surface area contributed by atoms with Gasteiger partial charge in [-0.1, -0.05) is 6.08 Å². The highest BCUT2D eigenvalue weighted by Gasteiger charge is 2.48. The summed E-state index contributed by atoms with van der Waals surface area (Å²) >= 11 is 0. The van der Waals surface area contributed by atoms with Gasteiger partial charge in [-0.2, -0.15) is 55.1 Å². The van der Waals surface area contributed by atoms with Crippen LogP contribution in [0.5, 0.6) is 0 Å². The minimum Gasteiger partial charge on any atom is -0.478 e. The normalized spacial score (nSPS) is 19.9. The van der Waals surface area contributed by atoms with Crippen LogP contribution in [-0.2, 0) is 71.5 Å². The predicted octanol–water partition coefficient (Wildman–Crippen LogP) is 3.82. The highest BCUT2D eigenvalue weighted by Crippen LogP contribution is 2.52. The van der Waals surface area contributed by atoms with E-state index in [4.69, 9.17) is 0 Å². The van der Waals surface area contributed by atoms with Crippen LogP contribution >= 0.6 is 0 Å². The van der Waals surface area contributed by atoms with E-state index in [-0.39, 0.29) is 102 Å². The molecule has 2 atom stereocenters. The highest BCUT2D eigenvalue weighted by molar-refractivity contribution is 7.87. The monoisotopic (exact) mass is 1100 g/mol. The molecule has 7 N–H and O–H groups in total. The first-order valence-electron chi connectivity index (χ1n) is 20.8. The van der Waals surface area contributed by atoms with Crippen LogP contribution in [0.15, 0.2) is 94.5 Å². The largest absolute Gasteiger partial charge is 0.478 e. The molecule has 0 saturated carbocycles. The lowest BCUT2D eigenvalue weighted by Gasteiger charge is -2.30. The fourth-order valence-electron chi connectivity index (χ4n) is 8.67. The van der Waals surface area contributed by atoms with Crippen molar-refractivity contribution >= 4 is 89.3 Å². The van der Waals surface area contributed by atoms with Gasteiger partial charge in [0.1, 0.15) is 6.54 Å². The summed E-state index contributed by atoms with van der Waals surface area (Å²) in [4.78, 5) is 16.7. The van der Waals surface area contributed by atoms with Crippen molar-refractivity contribution in [2.45, 2.75) is 73.0 Å². The average Bonchev–Trinajstić information content (AvgIpc) is 3.58. The minimum atomic E-state index is -4.84. The SMILES string of the molecule is CC1(CCCS(=O)(=O)O)C(/C=C/C(=C/C=C2/N(CCCS(=O)(=O)O)c3ccc(S(=O)(=O)O)cc3C2(C)CCCS(=O)(=O)O)c2ccc(C(=O)O)cn2)=[N+](CCCS(=O)(=O)O)c2ccc(S(=O)(=O)O)cc21. The smallest absolute Gasteiger partial charge is 0.337 e. The molecule has 3 heterocycles. The van der Waals surface area contributed by atoms with Gasteiger partial charge in [0, 0.05) is 59.2 Å². The van der Waals surface area contributed by atoms with Crippen LogP contribution in [0.4, 0.5) is 11.4 Å². The molecule has 3 aromatic rings. The maximum Gasteiger partial charge on any atom is 0.337 e. The van der Waals surface area contributed by atoms with Crippen molar-refractivity contribution in [3.8, 4) is 0 Å². The van der Waals surface area contributed by atoms with Crippen LogP contribution in [0.25, 0.3) is 5.57 Å². The molecule has 1 aromatic heterocycles. The molecule has 70 heavy (non-hydrogen) atoms. The Kier molecular flexibility index (Phi) is 16.6. The van der Waals surface area contributed by atoms with Gasteiger partial charge in [-0.15, -0.1) is 0 Å². The van der Waals surface area contributed by atoms with Gasteiger partial charge in [0.2, 0.25) is 5.69 Å². The number of hydrogen-bond donors (Lipinski definition) is 7. The summed E-state index contributed by atoms with van der Waals surface area (Å²) in [6, 6.07) is 9.65. The number of carboxylic acids is 1. The number of carboxylic acid groups (broad SMARTS) is 1. The number of allylic oxidation sites excluding steroid dienone is 6. The Balaban J connectivity index is 1.82. The zero-order chi connectivity index (χ0) is 52.5. The molecule has 0 bridgehead atoms. The zero-order valence-corrected chi connectivity index (χ0v) is 42.1. The Hall–Kier alpha value is -4.79. The number of benzene rings is 2. The molecular formula is C41H50N3O20S6+. The summed E-state index contributed by atoms with van der Waals surface area (Å²) in [7, 11) is -27.8. The standard InChI is InChI=1S/C41H49N3O20S6/c1-40(17-3-21-65(47,48)49)32-25-30(69(59,60)61)10-13-35(32)43(19-5-23-67(53,54)55)37(40)15-8-28(34-12-7-29(27-42-34)39(45)46)9-16-38-41(2,18-4-22-66(50,51)52)33-26-31(70(62,63)64)11-14-36(33)44(38)20-6-24-68(56,57)58/h7-16,25-27H,3-6,17-24H2,1-2H3,(H6-,45,46,47,48,49,50,51,52,53,54,55,56,57,58,59,60,61,62,63,64)/p+1. The zero-order valence-electron chi connectivity index (χ0n) is 37.2. The number of nitrogens with zero attached hydrogens (tertiary/aromatic N) is 3. The molecule has 0 saturated heterocycles. The Morgan fingerprint density at radius 1 is 0.657 bits per heavy atom. The molecule has 29 heteroatoms. The Morgan fingerprint density at radius 3 is 1.69 bits per heavy atom. The molecule has 2 aliphatic rings. The summed E-state index contributed by atoms with van der Waals surface area (Å²) in [6.07, 6.45) is 5.80. The van der Waals surface area contributed by atoms with E-state index >= 15 is 0 Å². The maximum atomic E-state index is 12.4. The number of fused-ring (bicyclic) bond motifs is 2. The van der Waals surface area contributed by atoms with Crippen molar-refractivity contribution in [1.82, 2.24) is 4.98 Å². The predicted molar refractivity (Wildman–Crippen MR) is 254 cm³/mol. The topological polar surface area (TPSA) is 383 Å². The number of aromatic carboxylic acids is 1. The van der Waals surface area contributed by atoms with Crippen molar-refractivity contribution in [3.63, 3.8) is 0 Å². The highest BCUT2D eigenvalue weighted by atomic mass is 32.2. The third-order valence-electron chi connectivity index (χ3n) is 11.9. The van der Waals surface area contributed by atoms with Gasteiger partial charge in [-0.3, -0.25) is 32.3 Å². The fourth-order valence-corrected chi connectivity index (χ4v) is 11.7. The van der Waals surface area contributed by atoms with Gasteiger partial charge in [0.15, 0.2) is 5.71 Å². The molecule has 0 amide bonds. The lowest BCUT2D eigenvalue weighted by molar-refractivity contribution is -0.437. The van der Waals surface area contributed by atoms with Crippen LogP contribution in [0.3, 0.4) is 0 Å². The molecule has 2 aromatic carbocycles. The third-order valence-corrected chi connectivity index (χ3v) is 16.8. The lowest BCUT2D eigenvalue weighted by atomic mass is 9.75. The third kappa shape index (κ3) is 14.2. The van der Waals surface area contributed by atoms with Crippen molar-refractivity contribution in [3.05, 3.63) is 107 Å². The van der Waals surface area contributed by atoms with E-state index < -0.39 is 110 Å². The second kappa shape index (κ2) is 20.7. The van der Waals surface area contributed by atoms with Gasteiger partial charge in [-0.25, -0.2) is 4.79 Å². The molecule has 2 aliphatic heterocycles. The second-order valence-corrected chi connectivity index (χ2v) is 26.1.